The highest BCUT2D eigenvalue weighted by atomic mass is 32.1. The van der Waals surface area contributed by atoms with Gasteiger partial charge in [-0.3, -0.25) is 0 Å². The maximum absolute atomic E-state index is 5.92. The molecule has 1 aromatic rings. The van der Waals surface area contributed by atoms with E-state index in [1.165, 1.54) is 0 Å². The fourth-order valence-electron chi connectivity index (χ4n) is 1.61. The second-order valence-electron chi connectivity index (χ2n) is 3.73. The van der Waals surface area contributed by atoms with Crippen molar-refractivity contribution in [1.29, 1.82) is 0 Å². The Hall–Kier alpha value is -1.14. The van der Waals surface area contributed by atoms with Crippen LogP contribution in [0.25, 0.3) is 0 Å². The quantitative estimate of drug-likeness (QED) is 0.610. The number of aromatic nitrogens is 1. The highest BCUT2D eigenvalue weighted by Crippen LogP contribution is 2.07. The number of hydrogen-bond acceptors (Lipinski definition) is 4. The molecule has 1 unspecified atom stereocenters. The van der Waals surface area contributed by atoms with Crippen LogP contribution in [0.3, 0.4) is 0 Å². The van der Waals surface area contributed by atoms with Crippen LogP contribution >= 0.6 is 11.3 Å². The van der Waals surface area contributed by atoms with Crippen LogP contribution in [0.4, 0.5) is 0 Å². The lowest BCUT2D eigenvalue weighted by molar-refractivity contribution is 0.00529. The fourth-order valence-corrected chi connectivity index (χ4v) is 2.15. The standard InChI is InChI=1S/C10H16N4OS/c1-8-7-14(3-4-15-8)10(11)13-6-9-12-2-5-16-9/h2,5,8H,3-4,6-7H2,1H3,(H2,11,13). The summed E-state index contributed by atoms with van der Waals surface area (Å²) in [7, 11) is 0. The Morgan fingerprint density at radius 3 is 3.38 bits per heavy atom. The molecule has 2 N–H and O–H groups in total. The Bertz CT molecular complexity index is 352. The molecule has 1 atom stereocenters. The van der Waals surface area contributed by atoms with Crippen LogP contribution in [-0.2, 0) is 11.3 Å². The van der Waals surface area contributed by atoms with Crippen molar-refractivity contribution in [3.05, 3.63) is 16.6 Å². The Balaban J connectivity index is 1.90. The van der Waals surface area contributed by atoms with Crippen LogP contribution in [0.2, 0.25) is 0 Å². The zero-order valence-electron chi connectivity index (χ0n) is 9.30. The van der Waals surface area contributed by atoms with Gasteiger partial charge in [0.25, 0.3) is 0 Å². The monoisotopic (exact) mass is 240 g/mol. The van der Waals surface area contributed by atoms with Crippen molar-refractivity contribution < 1.29 is 4.74 Å². The van der Waals surface area contributed by atoms with Gasteiger partial charge in [-0.25, -0.2) is 9.98 Å². The van der Waals surface area contributed by atoms with Gasteiger partial charge in [-0.05, 0) is 6.92 Å². The molecule has 2 heterocycles. The first-order valence-corrected chi connectivity index (χ1v) is 6.18. The number of thiazole rings is 1. The molecule has 1 fully saturated rings. The van der Waals surface area contributed by atoms with Gasteiger partial charge in [0.1, 0.15) is 5.01 Å². The average Bonchev–Trinajstić information content (AvgIpc) is 2.78. The van der Waals surface area contributed by atoms with Gasteiger partial charge in [0.2, 0.25) is 0 Å². The number of morpholine rings is 1. The minimum Gasteiger partial charge on any atom is -0.375 e. The number of rotatable bonds is 2. The molecule has 1 aliphatic heterocycles. The maximum Gasteiger partial charge on any atom is 0.191 e. The Morgan fingerprint density at radius 2 is 2.69 bits per heavy atom. The number of hydrogen-bond donors (Lipinski definition) is 1. The Morgan fingerprint density at radius 1 is 1.81 bits per heavy atom. The van der Waals surface area contributed by atoms with Crippen molar-refractivity contribution in [1.82, 2.24) is 9.88 Å². The molecular weight excluding hydrogens is 224 g/mol. The van der Waals surface area contributed by atoms with Crippen molar-refractivity contribution in [2.75, 3.05) is 19.7 Å². The Labute approximate surface area is 98.9 Å². The largest absolute Gasteiger partial charge is 0.375 e. The van der Waals surface area contributed by atoms with Crippen LogP contribution in [0, 0.1) is 0 Å². The maximum atomic E-state index is 5.92. The van der Waals surface area contributed by atoms with E-state index in [2.05, 4.69) is 14.9 Å². The number of ether oxygens (including phenoxy) is 1. The normalized spacial score (nSPS) is 22.4. The van der Waals surface area contributed by atoms with Crippen molar-refractivity contribution in [2.24, 2.45) is 10.7 Å². The third-order valence-corrected chi connectivity index (χ3v) is 3.19. The smallest absolute Gasteiger partial charge is 0.191 e. The van der Waals surface area contributed by atoms with Crippen molar-refractivity contribution in [3.8, 4) is 0 Å². The third-order valence-electron chi connectivity index (χ3n) is 2.42. The molecule has 88 valence electrons. The van der Waals surface area contributed by atoms with E-state index in [4.69, 9.17) is 10.5 Å². The summed E-state index contributed by atoms with van der Waals surface area (Å²) in [5.41, 5.74) is 5.92. The molecule has 1 saturated heterocycles. The van der Waals surface area contributed by atoms with E-state index >= 15 is 0 Å². The average molecular weight is 240 g/mol. The van der Waals surface area contributed by atoms with E-state index in [9.17, 15) is 0 Å². The van der Waals surface area contributed by atoms with E-state index in [1.807, 2.05) is 12.3 Å². The van der Waals surface area contributed by atoms with Crippen molar-refractivity contribution in [2.45, 2.75) is 19.6 Å². The molecule has 0 amide bonds. The molecule has 16 heavy (non-hydrogen) atoms. The molecule has 0 aromatic carbocycles. The zero-order chi connectivity index (χ0) is 11.4. The molecule has 2 rings (SSSR count). The fraction of sp³-hybridized carbons (Fsp3) is 0.600. The molecule has 0 radical (unpaired) electrons. The molecule has 1 aliphatic rings. The second-order valence-corrected chi connectivity index (χ2v) is 4.71. The highest BCUT2D eigenvalue weighted by Gasteiger charge is 2.17. The van der Waals surface area contributed by atoms with Crippen molar-refractivity contribution >= 4 is 17.3 Å². The van der Waals surface area contributed by atoms with E-state index in [-0.39, 0.29) is 6.10 Å². The van der Waals surface area contributed by atoms with Gasteiger partial charge in [0.15, 0.2) is 5.96 Å². The lowest BCUT2D eigenvalue weighted by atomic mass is 10.3. The van der Waals surface area contributed by atoms with E-state index in [1.54, 1.807) is 17.5 Å². The second kappa shape index (κ2) is 5.27. The van der Waals surface area contributed by atoms with E-state index < -0.39 is 0 Å². The number of aliphatic imine (C=N–C) groups is 1. The summed E-state index contributed by atoms with van der Waals surface area (Å²) < 4.78 is 5.45. The molecule has 1 aromatic heterocycles. The molecule has 0 bridgehead atoms. The predicted molar refractivity (Wildman–Crippen MR) is 64.4 cm³/mol. The molecule has 5 nitrogen and oxygen atoms in total. The van der Waals surface area contributed by atoms with Crippen LogP contribution in [0.1, 0.15) is 11.9 Å². The van der Waals surface area contributed by atoms with Gasteiger partial charge < -0.3 is 15.4 Å². The van der Waals surface area contributed by atoms with Gasteiger partial charge in [-0.2, -0.15) is 0 Å². The van der Waals surface area contributed by atoms with Crippen molar-refractivity contribution in [3.63, 3.8) is 0 Å². The lowest BCUT2D eigenvalue weighted by Crippen LogP contribution is -2.47. The molecule has 0 aliphatic carbocycles. The summed E-state index contributed by atoms with van der Waals surface area (Å²) in [4.78, 5) is 10.6. The minimum absolute atomic E-state index is 0.224. The number of guanidine groups is 1. The molecular formula is C10H16N4OS. The molecule has 6 heteroatoms. The van der Waals surface area contributed by atoms with Crippen LogP contribution in [-0.4, -0.2) is 41.6 Å². The number of nitrogens with two attached hydrogens (primary N) is 1. The van der Waals surface area contributed by atoms with E-state index in [0.717, 1.165) is 18.1 Å². The van der Waals surface area contributed by atoms with Crippen LogP contribution < -0.4 is 5.73 Å². The SMILES string of the molecule is CC1CN(C(N)=NCc2nccs2)CCO1. The van der Waals surface area contributed by atoms with Gasteiger partial charge >= 0.3 is 0 Å². The highest BCUT2D eigenvalue weighted by molar-refractivity contribution is 7.09. The number of nitrogens with zero attached hydrogens (tertiary/aromatic N) is 3. The summed E-state index contributed by atoms with van der Waals surface area (Å²) in [5.74, 6) is 0.588. The topological polar surface area (TPSA) is 63.7 Å². The zero-order valence-corrected chi connectivity index (χ0v) is 10.1. The molecule has 0 saturated carbocycles. The minimum atomic E-state index is 0.224. The first-order valence-electron chi connectivity index (χ1n) is 5.30. The summed E-state index contributed by atoms with van der Waals surface area (Å²) >= 11 is 1.60. The van der Waals surface area contributed by atoms with Crippen LogP contribution in [0.15, 0.2) is 16.6 Å². The van der Waals surface area contributed by atoms with E-state index in [0.29, 0.717) is 19.1 Å². The summed E-state index contributed by atoms with van der Waals surface area (Å²) in [6.07, 6.45) is 2.00. The predicted octanol–water partition coefficient (Wildman–Crippen LogP) is 0.678. The summed E-state index contributed by atoms with van der Waals surface area (Å²) in [5, 5.41) is 2.93. The first kappa shape index (κ1) is 11.3. The molecule has 0 spiro atoms. The van der Waals surface area contributed by atoms with Gasteiger partial charge in [0, 0.05) is 24.7 Å². The lowest BCUT2D eigenvalue weighted by Gasteiger charge is -2.31. The van der Waals surface area contributed by atoms with Gasteiger partial charge in [0.05, 0.1) is 19.3 Å². The Kier molecular flexibility index (Phi) is 3.74. The summed E-state index contributed by atoms with van der Waals surface area (Å²) in [6, 6.07) is 0. The summed E-state index contributed by atoms with van der Waals surface area (Å²) in [6.45, 7) is 4.95. The third kappa shape index (κ3) is 2.93. The van der Waals surface area contributed by atoms with Gasteiger partial charge in [-0.15, -0.1) is 11.3 Å². The van der Waals surface area contributed by atoms with Crippen LogP contribution in [0.5, 0.6) is 0 Å². The first-order chi connectivity index (χ1) is 7.75. The van der Waals surface area contributed by atoms with Gasteiger partial charge in [-0.1, -0.05) is 0 Å².